The Morgan fingerprint density at radius 3 is 2.42 bits per heavy atom. The Morgan fingerprint density at radius 1 is 1.32 bits per heavy atom. The van der Waals surface area contributed by atoms with Crippen LogP contribution in [0.3, 0.4) is 0 Å². The zero-order valence-electron chi connectivity index (χ0n) is 11.4. The van der Waals surface area contributed by atoms with Crippen molar-refractivity contribution in [3.05, 3.63) is 29.8 Å². The Bertz CT molecular complexity index is 525. The zero-order chi connectivity index (χ0) is 14.0. The predicted molar refractivity (Wildman–Crippen MR) is 75.2 cm³/mol. The SMILES string of the molecule is CN(C)Cc1ccc(S(=O)(=O)N2CCC(N)C2)cc1. The largest absolute Gasteiger partial charge is 0.326 e. The topological polar surface area (TPSA) is 66.6 Å². The van der Waals surface area contributed by atoms with Crippen molar-refractivity contribution in [3.8, 4) is 0 Å². The van der Waals surface area contributed by atoms with E-state index < -0.39 is 10.0 Å². The molecule has 19 heavy (non-hydrogen) atoms. The molecule has 1 heterocycles. The summed E-state index contributed by atoms with van der Waals surface area (Å²) < 4.78 is 26.2. The molecule has 0 spiro atoms. The van der Waals surface area contributed by atoms with E-state index in [9.17, 15) is 8.42 Å². The summed E-state index contributed by atoms with van der Waals surface area (Å²) in [6, 6.07) is 7.05. The summed E-state index contributed by atoms with van der Waals surface area (Å²) in [4.78, 5) is 2.40. The van der Waals surface area contributed by atoms with Gasteiger partial charge >= 0.3 is 0 Å². The second-order valence-corrected chi connectivity index (χ2v) is 7.23. The van der Waals surface area contributed by atoms with Gasteiger partial charge in [0.15, 0.2) is 0 Å². The van der Waals surface area contributed by atoms with E-state index in [4.69, 9.17) is 5.73 Å². The highest BCUT2D eigenvalue weighted by atomic mass is 32.2. The molecule has 1 aliphatic heterocycles. The normalized spacial score (nSPS) is 21.2. The Labute approximate surface area is 115 Å². The molecule has 0 bridgehead atoms. The molecule has 1 aromatic carbocycles. The summed E-state index contributed by atoms with van der Waals surface area (Å²) in [5, 5.41) is 0. The number of nitrogens with two attached hydrogens (primary N) is 1. The average Bonchev–Trinajstić information content (AvgIpc) is 2.76. The third-order valence-electron chi connectivity index (χ3n) is 3.25. The minimum Gasteiger partial charge on any atom is -0.326 e. The average molecular weight is 283 g/mol. The van der Waals surface area contributed by atoms with Gasteiger partial charge in [-0.25, -0.2) is 8.42 Å². The number of hydrogen-bond donors (Lipinski definition) is 1. The summed E-state index contributed by atoms with van der Waals surface area (Å²) in [5.74, 6) is 0. The van der Waals surface area contributed by atoms with Crippen LogP contribution in [0.15, 0.2) is 29.2 Å². The van der Waals surface area contributed by atoms with Crippen LogP contribution in [0, 0.1) is 0 Å². The molecule has 5 nitrogen and oxygen atoms in total. The van der Waals surface area contributed by atoms with E-state index in [1.165, 1.54) is 4.31 Å². The predicted octanol–water partition coefficient (Wildman–Crippen LogP) is 0.470. The molecule has 0 radical (unpaired) electrons. The lowest BCUT2D eigenvalue weighted by Crippen LogP contribution is -2.31. The molecule has 1 aliphatic rings. The van der Waals surface area contributed by atoms with Crippen LogP contribution in [-0.2, 0) is 16.6 Å². The van der Waals surface area contributed by atoms with Crippen molar-refractivity contribution in [3.63, 3.8) is 0 Å². The van der Waals surface area contributed by atoms with Gasteiger partial charge in [-0.2, -0.15) is 4.31 Å². The third kappa shape index (κ3) is 3.33. The Balaban J connectivity index is 2.17. The Kier molecular flexibility index (Phi) is 4.25. The monoisotopic (exact) mass is 283 g/mol. The van der Waals surface area contributed by atoms with Gasteiger partial charge in [-0.05, 0) is 38.2 Å². The molecule has 1 atom stereocenters. The maximum atomic E-state index is 12.4. The highest BCUT2D eigenvalue weighted by Crippen LogP contribution is 2.20. The molecule has 0 amide bonds. The van der Waals surface area contributed by atoms with Gasteiger partial charge < -0.3 is 10.6 Å². The number of nitrogens with zero attached hydrogens (tertiary/aromatic N) is 2. The molecule has 0 aromatic heterocycles. The first kappa shape index (κ1) is 14.5. The van der Waals surface area contributed by atoms with Crippen molar-refractivity contribution < 1.29 is 8.42 Å². The standard InChI is InChI=1S/C13H21N3O2S/c1-15(2)9-11-3-5-13(6-4-11)19(17,18)16-8-7-12(14)10-16/h3-6,12H,7-10,14H2,1-2H3. The molecule has 2 rings (SSSR count). The van der Waals surface area contributed by atoms with Crippen molar-refractivity contribution in [1.29, 1.82) is 0 Å². The number of sulfonamides is 1. The van der Waals surface area contributed by atoms with Gasteiger partial charge in [0.2, 0.25) is 10.0 Å². The molecular weight excluding hydrogens is 262 g/mol. The molecule has 1 saturated heterocycles. The van der Waals surface area contributed by atoms with Crippen molar-refractivity contribution in [2.24, 2.45) is 5.73 Å². The lowest BCUT2D eigenvalue weighted by atomic mass is 10.2. The van der Waals surface area contributed by atoms with Gasteiger partial charge in [0.1, 0.15) is 0 Å². The van der Waals surface area contributed by atoms with Crippen LogP contribution in [0.5, 0.6) is 0 Å². The lowest BCUT2D eigenvalue weighted by Gasteiger charge is -2.16. The van der Waals surface area contributed by atoms with Crippen LogP contribution in [0.1, 0.15) is 12.0 Å². The summed E-state index contributed by atoms with van der Waals surface area (Å²) in [7, 11) is 0.588. The molecule has 0 aliphatic carbocycles. The van der Waals surface area contributed by atoms with Gasteiger partial charge in [-0.1, -0.05) is 12.1 Å². The highest BCUT2D eigenvalue weighted by molar-refractivity contribution is 7.89. The second-order valence-electron chi connectivity index (χ2n) is 5.29. The van der Waals surface area contributed by atoms with Gasteiger partial charge in [-0.15, -0.1) is 0 Å². The molecule has 6 heteroatoms. The van der Waals surface area contributed by atoms with E-state index in [0.29, 0.717) is 18.0 Å². The summed E-state index contributed by atoms with van der Waals surface area (Å²) >= 11 is 0. The van der Waals surface area contributed by atoms with Crippen LogP contribution < -0.4 is 5.73 Å². The zero-order valence-corrected chi connectivity index (χ0v) is 12.2. The smallest absolute Gasteiger partial charge is 0.243 e. The van der Waals surface area contributed by atoms with Crippen LogP contribution in [-0.4, -0.2) is 50.8 Å². The van der Waals surface area contributed by atoms with Gasteiger partial charge in [0, 0.05) is 25.7 Å². The molecule has 1 aromatic rings. The summed E-state index contributed by atoms with van der Waals surface area (Å²) in [6.07, 6.45) is 0.734. The van der Waals surface area contributed by atoms with Crippen molar-refractivity contribution in [2.45, 2.75) is 23.9 Å². The van der Waals surface area contributed by atoms with Gasteiger partial charge in [0.05, 0.1) is 4.90 Å². The van der Waals surface area contributed by atoms with E-state index in [0.717, 1.165) is 18.5 Å². The van der Waals surface area contributed by atoms with E-state index in [-0.39, 0.29) is 6.04 Å². The van der Waals surface area contributed by atoms with Gasteiger partial charge in [-0.3, -0.25) is 0 Å². The van der Waals surface area contributed by atoms with Crippen molar-refractivity contribution in [1.82, 2.24) is 9.21 Å². The summed E-state index contributed by atoms with van der Waals surface area (Å²) in [6.45, 7) is 1.74. The van der Waals surface area contributed by atoms with Crippen LogP contribution in [0.25, 0.3) is 0 Å². The van der Waals surface area contributed by atoms with Crippen LogP contribution in [0.2, 0.25) is 0 Å². The molecule has 1 unspecified atom stereocenters. The maximum Gasteiger partial charge on any atom is 0.243 e. The fraction of sp³-hybridized carbons (Fsp3) is 0.538. The molecule has 2 N–H and O–H groups in total. The van der Waals surface area contributed by atoms with Crippen molar-refractivity contribution in [2.75, 3.05) is 27.2 Å². The highest BCUT2D eigenvalue weighted by Gasteiger charge is 2.30. The third-order valence-corrected chi connectivity index (χ3v) is 5.13. The van der Waals surface area contributed by atoms with E-state index in [1.807, 2.05) is 31.1 Å². The minimum absolute atomic E-state index is 0.0391. The lowest BCUT2D eigenvalue weighted by molar-refractivity contribution is 0.402. The first-order valence-corrected chi connectivity index (χ1v) is 7.83. The first-order chi connectivity index (χ1) is 8.89. The fourth-order valence-corrected chi connectivity index (χ4v) is 3.76. The fourth-order valence-electron chi connectivity index (χ4n) is 2.25. The molecule has 1 fully saturated rings. The number of hydrogen-bond acceptors (Lipinski definition) is 4. The van der Waals surface area contributed by atoms with E-state index in [2.05, 4.69) is 0 Å². The molecule has 106 valence electrons. The molecular formula is C13H21N3O2S. The van der Waals surface area contributed by atoms with Crippen LogP contribution >= 0.6 is 0 Å². The second kappa shape index (κ2) is 5.58. The minimum atomic E-state index is -3.38. The van der Waals surface area contributed by atoms with Crippen LogP contribution in [0.4, 0.5) is 0 Å². The first-order valence-electron chi connectivity index (χ1n) is 6.39. The summed E-state index contributed by atoms with van der Waals surface area (Å²) in [5.41, 5.74) is 6.87. The van der Waals surface area contributed by atoms with Crippen molar-refractivity contribution >= 4 is 10.0 Å². The van der Waals surface area contributed by atoms with E-state index in [1.54, 1.807) is 12.1 Å². The van der Waals surface area contributed by atoms with E-state index >= 15 is 0 Å². The number of benzene rings is 1. The molecule has 0 saturated carbocycles. The maximum absolute atomic E-state index is 12.4. The number of rotatable bonds is 4. The quantitative estimate of drug-likeness (QED) is 0.872. The Morgan fingerprint density at radius 2 is 1.95 bits per heavy atom. The Hall–Kier alpha value is -0.950. The van der Waals surface area contributed by atoms with Gasteiger partial charge in [0.25, 0.3) is 0 Å².